The van der Waals surface area contributed by atoms with Crippen LogP contribution in [0.2, 0.25) is 0 Å². The van der Waals surface area contributed by atoms with E-state index in [1.165, 1.54) is 10.2 Å². The first-order valence-corrected chi connectivity index (χ1v) is 9.97. The lowest BCUT2D eigenvalue weighted by Gasteiger charge is -2.14. The molecule has 0 spiro atoms. The zero-order valence-corrected chi connectivity index (χ0v) is 16.2. The molecule has 0 unspecified atom stereocenters. The molecule has 1 aromatic heterocycles. The molecule has 1 heterocycles. The molecule has 0 saturated carbocycles. The van der Waals surface area contributed by atoms with Gasteiger partial charge in [0.05, 0.1) is 10.4 Å². The minimum absolute atomic E-state index is 0.0459. The minimum atomic E-state index is -3.85. The maximum absolute atomic E-state index is 13.4. The second kappa shape index (κ2) is 6.83. The van der Waals surface area contributed by atoms with Gasteiger partial charge in [0.1, 0.15) is 6.04 Å². The third-order valence-corrected chi connectivity index (χ3v) is 6.62. The lowest BCUT2D eigenvalue weighted by molar-refractivity contribution is -0.138. The molecule has 0 bridgehead atoms. The Morgan fingerprint density at radius 3 is 2.33 bits per heavy atom. The Bertz CT molecular complexity index is 1120. The number of rotatable bonds is 5. The fourth-order valence-corrected chi connectivity index (χ4v) is 5.39. The van der Waals surface area contributed by atoms with Gasteiger partial charge in [-0.3, -0.25) is 4.79 Å². The second-order valence-electron chi connectivity index (χ2n) is 6.85. The molecular weight excluding hydrogens is 364 g/mol. The topological polar surface area (TPSA) is 102 Å². The van der Waals surface area contributed by atoms with Crippen molar-refractivity contribution in [1.82, 2.24) is 3.97 Å². The molecule has 3 N–H and O–H groups in total. The molecule has 0 saturated heterocycles. The van der Waals surface area contributed by atoms with Gasteiger partial charge in [0.15, 0.2) is 0 Å². The molecule has 0 radical (unpaired) electrons. The average molecular weight is 386 g/mol. The number of para-hydroxylation sites is 1. The van der Waals surface area contributed by atoms with E-state index in [1.54, 1.807) is 38.1 Å². The number of hydrogen-bond donors (Lipinski definition) is 2. The molecule has 2 aromatic carbocycles. The van der Waals surface area contributed by atoms with Gasteiger partial charge in [0.2, 0.25) is 0 Å². The van der Waals surface area contributed by atoms with Crippen molar-refractivity contribution >= 4 is 26.9 Å². The van der Waals surface area contributed by atoms with Crippen LogP contribution in [0.1, 0.15) is 22.3 Å². The summed E-state index contributed by atoms with van der Waals surface area (Å²) in [5.41, 5.74) is 9.11. The first kappa shape index (κ1) is 19.1. The van der Waals surface area contributed by atoms with Gasteiger partial charge in [0.25, 0.3) is 10.0 Å². The van der Waals surface area contributed by atoms with E-state index < -0.39 is 22.0 Å². The smallest absolute Gasteiger partial charge is 0.320 e. The second-order valence-corrected chi connectivity index (χ2v) is 8.60. The average Bonchev–Trinajstić information content (AvgIpc) is 2.93. The summed E-state index contributed by atoms with van der Waals surface area (Å²) in [6, 6.07) is 9.61. The number of aliphatic carboxylic acids is 1. The predicted molar refractivity (Wildman–Crippen MR) is 104 cm³/mol. The molecule has 142 valence electrons. The summed E-state index contributed by atoms with van der Waals surface area (Å²) in [5, 5.41) is 9.79. The summed E-state index contributed by atoms with van der Waals surface area (Å²) in [7, 11) is -3.85. The number of benzene rings is 2. The van der Waals surface area contributed by atoms with Gasteiger partial charge in [-0.2, -0.15) is 0 Å². The molecule has 3 rings (SSSR count). The SMILES string of the molecule is Cc1cc(C)c(S(=O)(=O)n2cc(C[C@H](N)C(=O)O)c3ccccc32)c(C)c1. The Hall–Kier alpha value is -2.64. The first-order valence-electron chi connectivity index (χ1n) is 8.53. The van der Waals surface area contributed by atoms with Crippen LogP contribution in [0.15, 0.2) is 47.5 Å². The Morgan fingerprint density at radius 2 is 1.74 bits per heavy atom. The number of carboxylic acids is 1. The van der Waals surface area contributed by atoms with Crippen LogP contribution in [0.5, 0.6) is 0 Å². The van der Waals surface area contributed by atoms with E-state index in [2.05, 4.69) is 0 Å². The number of hydrogen-bond acceptors (Lipinski definition) is 4. The van der Waals surface area contributed by atoms with Crippen LogP contribution in [0.25, 0.3) is 10.9 Å². The Kier molecular flexibility index (Phi) is 4.84. The van der Waals surface area contributed by atoms with Gasteiger partial charge in [-0.25, -0.2) is 12.4 Å². The molecule has 0 aliphatic heterocycles. The molecule has 3 aromatic rings. The summed E-state index contributed by atoms with van der Waals surface area (Å²) >= 11 is 0. The first-order chi connectivity index (χ1) is 12.6. The van der Waals surface area contributed by atoms with E-state index in [9.17, 15) is 13.2 Å². The fourth-order valence-electron chi connectivity index (χ4n) is 3.58. The van der Waals surface area contributed by atoms with E-state index in [4.69, 9.17) is 10.8 Å². The van der Waals surface area contributed by atoms with Gasteiger partial charge < -0.3 is 10.8 Å². The number of nitrogens with two attached hydrogens (primary N) is 1. The molecule has 7 heteroatoms. The van der Waals surface area contributed by atoms with E-state index in [-0.39, 0.29) is 11.3 Å². The van der Waals surface area contributed by atoms with Gasteiger partial charge in [-0.15, -0.1) is 0 Å². The lowest BCUT2D eigenvalue weighted by Crippen LogP contribution is -2.32. The molecule has 27 heavy (non-hydrogen) atoms. The Balaban J connectivity index is 2.24. The predicted octanol–water partition coefficient (Wildman–Crippen LogP) is 2.76. The van der Waals surface area contributed by atoms with Crippen LogP contribution >= 0.6 is 0 Å². The van der Waals surface area contributed by atoms with Crippen LogP contribution in [-0.4, -0.2) is 29.5 Å². The molecule has 0 aliphatic rings. The van der Waals surface area contributed by atoms with Crippen LogP contribution in [0.3, 0.4) is 0 Å². The Morgan fingerprint density at radius 1 is 1.15 bits per heavy atom. The van der Waals surface area contributed by atoms with Crippen molar-refractivity contribution in [3.05, 3.63) is 64.8 Å². The van der Waals surface area contributed by atoms with Crippen LogP contribution in [0.4, 0.5) is 0 Å². The lowest BCUT2D eigenvalue weighted by atomic mass is 10.1. The number of carbonyl (C=O) groups is 1. The maximum Gasteiger partial charge on any atom is 0.320 e. The van der Waals surface area contributed by atoms with Gasteiger partial charge in [0, 0.05) is 18.0 Å². The fraction of sp³-hybridized carbons (Fsp3) is 0.250. The van der Waals surface area contributed by atoms with Crippen molar-refractivity contribution in [3.63, 3.8) is 0 Å². The van der Waals surface area contributed by atoms with Gasteiger partial charge in [-0.1, -0.05) is 35.9 Å². The van der Waals surface area contributed by atoms with E-state index in [1.807, 2.05) is 19.1 Å². The normalized spacial score (nSPS) is 13.0. The van der Waals surface area contributed by atoms with Crippen LogP contribution in [-0.2, 0) is 21.2 Å². The number of nitrogens with zero attached hydrogens (tertiary/aromatic N) is 1. The monoisotopic (exact) mass is 386 g/mol. The summed E-state index contributed by atoms with van der Waals surface area (Å²) in [4.78, 5) is 11.4. The third-order valence-electron chi connectivity index (χ3n) is 4.64. The van der Waals surface area contributed by atoms with Crippen molar-refractivity contribution in [2.24, 2.45) is 5.73 Å². The minimum Gasteiger partial charge on any atom is -0.480 e. The largest absolute Gasteiger partial charge is 0.480 e. The molecule has 0 fully saturated rings. The Labute approximate surface area is 158 Å². The molecule has 0 amide bonds. The highest BCUT2D eigenvalue weighted by molar-refractivity contribution is 7.90. The zero-order valence-electron chi connectivity index (χ0n) is 15.4. The van der Waals surface area contributed by atoms with E-state index in [0.717, 1.165) is 5.56 Å². The zero-order chi connectivity index (χ0) is 19.9. The van der Waals surface area contributed by atoms with Crippen LogP contribution < -0.4 is 5.73 Å². The van der Waals surface area contributed by atoms with Crippen molar-refractivity contribution in [2.75, 3.05) is 0 Å². The summed E-state index contributed by atoms with van der Waals surface area (Å²) in [5.74, 6) is -1.13. The van der Waals surface area contributed by atoms with E-state index in [0.29, 0.717) is 27.6 Å². The number of aryl methyl sites for hydroxylation is 3. The number of carboxylic acid groups (broad SMARTS) is 1. The van der Waals surface area contributed by atoms with E-state index >= 15 is 0 Å². The molecule has 0 aliphatic carbocycles. The molecule has 1 atom stereocenters. The maximum atomic E-state index is 13.4. The number of aromatic nitrogens is 1. The van der Waals surface area contributed by atoms with Crippen molar-refractivity contribution < 1.29 is 18.3 Å². The highest BCUT2D eigenvalue weighted by Crippen LogP contribution is 2.30. The number of fused-ring (bicyclic) bond motifs is 1. The highest BCUT2D eigenvalue weighted by atomic mass is 32.2. The van der Waals surface area contributed by atoms with Gasteiger partial charge in [-0.05, 0) is 43.5 Å². The van der Waals surface area contributed by atoms with Crippen LogP contribution in [0, 0.1) is 20.8 Å². The van der Waals surface area contributed by atoms with Crippen molar-refractivity contribution in [1.29, 1.82) is 0 Å². The molecule has 6 nitrogen and oxygen atoms in total. The highest BCUT2D eigenvalue weighted by Gasteiger charge is 2.26. The standard InChI is InChI=1S/C20H22N2O4S/c1-12-8-13(2)19(14(3)9-12)27(25,26)22-11-15(10-17(21)20(23)24)16-6-4-5-7-18(16)22/h4-9,11,17H,10,21H2,1-3H3,(H,23,24)/t17-/m0/s1. The summed E-state index contributed by atoms with van der Waals surface area (Å²) in [6.45, 7) is 5.48. The molecular formula is C20H22N2O4S. The quantitative estimate of drug-likeness (QED) is 0.702. The van der Waals surface area contributed by atoms with Crippen molar-refractivity contribution in [2.45, 2.75) is 38.1 Å². The third kappa shape index (κ3) is 3.36. The van der Waals surface area contributed by atoms with Crippen molar-refractivity contribution in [3.8, 4) is 0 Å². The van der Waals surface area contributed by atoms with Gasteiger partial charge >= 0.3 is 5.97 Å². The summed E-state index contributed by atoms with van der Waals surface area (Å²) in [6.07, 6.45) is 1.53. The summed E-state index contributed by atoms with van der Waals surface area (Å²) < 4.78 is 28.1.